The summed E-state index contributed by atoms with van der Waals surface area (Å²) in [5.74, 6) is 0.101. The molecule has 5 nitrogen and oxygen atoms in total. The van der Waals surface area contributed by atoms with Gasteiger partial charge in [-0.1, -0.05) is 12.8 Å². The third-order valence-corrected chi connectivity index (χ3v) is 4.67. The van der Waals surface area contributed by atoms with Gasteiger partial charge in [0.1, 0.15) is 0 Å². The van der Waals surface area contributed by atoms with E-state index in [4.69, 9.17) is 0 Å². The molecule has 23 heavy (non-hydrogen) atoms. The van der Waals surface area contributed by atoms with E-state index in [1.54, 1.807) is 0 Å². The fourth-order valence-corrected chi connectivity index (χ4v) is 3.28. The third kappa shape index (κ3) is 4.03. The zero-order valence-corrected chi connectivity index (χ0v) is 13.6. The topological polar surface area (TPSA) is 52.7 Å². The summed E-state index contributed by atoms with van der Waals surface area (Å²) < 4.78 is 0. The largest absolute Gasteiger partial charge is 0.339 e. The lowest BCUT2D eigenvalue weighted by Crippen LogP contribution is -2.32. The van der Waals surface area contributed by atoms with Crippen LogP contribution in [0.5, 0.6) is 0 Å². The van der Waals surface area contributed by atoms with Gasteiger partial charge in [0.05, 0.1) is 0 Å². The first-order valence-corrected chi connectivity index (χ1v) is 8.69. The molecule has 1 N–H and O–H groups in total. The Morgan fingerprint density at radius 2 is 1.26 bits per heavy atom. The lowest BCUT2D eigenvalue weighted by molar-refractivity contribution is 0.0761. The number of likely N-dealkylation sites (tertiary alicyclic amines) is 2. The number of nitrogens with one attached hydrogen (secondary N) is 1. The van der Waals surface area contributed by atoms with Crippen molar-refractivity contribution in [1.82, 2.24) is 9.80 Å². The second-order valence-corrected chi connectivity index (χ2v) is 6.41. The van der Waals surface area contributed by atoms with Crippen LogP contribution in [0.15, 0.2) is 24.3 Å². The standard InChI is InChI=1S/C18H25N3O2/c22-17(20-11-3-1-2-4-12-20)15-7-9-16(10-8-15)19-18(23)21-13-5-6-14-21/h7-10H,1-6,11-14H2,(H,19,23). The Balaban J connectivity index is 1.59. The highest BCUT2D eigenvalue weighted by Gasteiger charge is 2.19. The predicted octanol–water partition coefficient (Wildman–Crippen LogP) is 3.33. The van der Waals surface area contributed by atoms with Crippen LogP contribution < -0.4 is 5.32 Å². The smallest absolute Gasteiger partial charge is 0.321 e. The van der Waals surface area contributed by atoms with Crippen LogP contribution in [-0.4, -0.2) is 47.9 Å². The summed E-state index contributed by atoms with van der Waals surface area (Å²) in [7, 11) is 0. The number of rotatable bonds is 2. The number of nitrogens with zero attached hydrogens (tertiary/aromatic N) is 2. The zero-order chi connectivity index (χ0) is 16.1. The first kappa shape index (κ1) is 15.8. The normalized spacial score (nSPS) is 18.6. The van der Waals surface area contributed by atoms with Gasteiger partial charge in [0.2, 0.25) is 0 Å². The Labute approximate surface area is 137 Å². The number of hydrogen-bond donors (Lipinski definition) is 1. The van der Waals surface area contributed by atoms with Crippen molar-refractivity contribution in [3.05, 3.63) is 29.8 Å². The summed E-state index contributed by atoms with van der Waals surface area (Å²) in [4.78, 5) is 28.4. The van der Waals surface area contributed by atoms with Crippen molar-refractivity contribution in [2.24, 2.45) is 0 Å². The van der Waals surface area contributed by atoms with E-state index >= 15 is 0 Å². The molecule has 2 aliphatic heterocycles. The van der Waals surface area contributed by atoms with Gasteiger partial charge in [-0.3, -0.25) is 4.79 Å². The number of carbonyl (C=O) groups is 2. The third-order valence-electron chi connectivity index (χ3n) is 4.67. The average Bonchev–Trinajstić information content (AvgIpc) is 2.98. The molecule has 0 aliphatic carbocycles. The highest BCUT2D eigenvalue weighted by Crippen LogP contribution is 2.16. The Hall–Kier alpha value is -2.04. The molecule has 2 aliphatic rings. The molecular formula is C18H25N3O2. The first-order valence-electron chi connectivity index (χ1n) is 8.69. The summed E-state index contributed by atoms with van der Waals surface area (Å²) in [6.45, 7) is 3.37. The molecule has 0 radical (unpaired) electrons. The maximum absolute atomic E-state index is 12.5. The molecule has 3 rings (SSSR count). The summed E-state index contributed by atoms with van der Waals surface area (Å²) >= 11 is 0. The maximum Gasteiger partial charge on any atom is 0.321 e. The molecule has 1 aromatic rings. The summed E-state index contributed by atoms with van der Waals surface area (Å²) in [6, 6.07) is 7.21. The van der Waals surface area contributed by atoms with E-state index < -0.39 is 0 Å². The number of hydrogen-bond acceptors (Lipinski definition) is 2. The minimum Gasteiger partial charge on any atom is -0.339 e. The van der Waals surface area contributed by atoms with E-state index in [2.05, 4.69) is 5.32 Å². The highest BCUT2D eigenvalue weighted by atomic mass is 16.2. The molecule has 0 atom stereocenters. The SMILES string of the molecule is O=C(Nc1ccc(C(=O)N2CCCCCC2)cc1)N1CCCC1. The van der Waals surface area contributed by atoms with Crippen molar-refractivity contribution in [3.63, 3.8) is 0 Å². The zero-order valence-electron chi connectivity index (χ0n) is 13.6. The molecule has 124 valence electrons. The number of carbonyl (C=O) groups excluding carboxylic acids is 2. The van der Waals surface area contributed by atoms with Crippen LogP contribution >= 0.6 is 0 Å². The summed E-state index contributed by atoms with van der Waals surface area (Å²) in [5, 5.41) is 2.90. The van der Waals surface area contributed by atoms with Gasteiger partial charge >= 0.3 is 6.03 Å². The second kappa shape index (κ2) is 7.49. The monoisotopic (exact) mass is 315 g/mol. The van der Waals surface area contributed by atoms with Crippen LogP contribution in [0.4, 0.5) is 10.5 Å². The molecule has 0 aromatic heterocycles. The lowest BCUT2D eigenvalue weighted by atomic mass is 10.1. The van der Waals surface area contributed by atoms with Crippen molar-refractivity contribution >= 4 is 17.6 Å². The Morgan fingerprint density at radius 3 is 1.87 bits per heavy atom. The Bertz CT molecular complexity index is 542. The molecule has 0 unspecified atom stereocenters. The van der Waals surface area contributed by atoms with Gasteiger partial charge in [-0.2, -0.15) is 0 Å². The van der Waals surface area contributed by atoms with Crippen LogP contribution in [0.25, 0.3) is 0 Å². The van der Waals surface area contributed by atoms with E-state index in [0.29, 0.717) is 5.56 Å². The van der Waals surface area contributed by atoms with Crippen molar-refractivity contribution in [2.75, 3.05) is 31.5 Å². The molecule has 3 amide bonds. The fraction of sp³-hybridized carbons (Fsp3) is 0.556. The van der Waals surface area contributed by atoms with Crippen LogP contribution in [0.2, 0.25) is 0 Å². The molecule has 0 bridgehead atoms. The van der Waals surface area contributed by atoms with E-state index in [1.807, 2.05) is 34.1 Å². The minimum atomic E-state index is -0.0471. The number of urea groups is 1. The quantitative estimate of drug-likeness (QED) is 0.910. The van der Waals surface area contributed by atoms with Crippen molar-refractivity contribution in [2.45, 2.75) is 38.5 Å². The van der Waals surface area contributed by atoms with Gasteiger partial charge in [0.15, 0.2) is 0 Å². The Morgan fingerprint density at radius 1 is 0.739 bits per heavy atom. The van der Waals surface area contributed by atoms with Gasteiger partial charge in [-0.25, -0.2) is 4.79 Å². The van der Waals surface area contributed by atoms with Crippen molar-refractivity contribution in [3.8, 4) is 0 Å². The van der Waals surface area contributed by atoms with Crippen LogP contribution in [0.3, 0.4) is 0 Å². The van der Waals surface area contributed by atoms with Crippen LogP contribution in [0.1, 0.15) is 48.9 Å². The Kier molecular flexibility index (Phi) is 5.16. The highest BCUT2D eigenvalue weighted by molar-refractivity contribution is 5.95. The maximum atomic E-state index is 12.5. The van der Waals surface area contributed by atoms with Crippen LogP contribution in [0, 0.1) is 0 Å². The van der Waals surface area contributed by atoms with E-state index in [1.165, 1.54) is 12.8 Å². The minimum absolute atomic E-state index is 0.0471. The van der Waals surface area contributed by atoms with E-state index in [9.17, 15) is 9.59 Å². The number of anilines is 1. The molecule has 0 spiro atoms. The van der Waals surface area contributed by atoms with Crippen LogP contribution in [-0.2, 0) is 0 Å². The van der Waals surface area contributed by atoms with Gasteiger partial charge < -0.3 is 15.1 Å². The number of benzene rings is 1. The van der Waals surface area contributed by atoms with Gasteiger partial charge in [-0.15, -0.1) is 0 Å². The number of amides is 3. The van der Waals surface area contributed by atoms with Gasteiger partial charge in [0.25, 0.3) is 5.91 Å². The summed E-state index contributed by atoms with van der Waals surface area (Å²) in [6.07, 6.45) is 6.77. The molecule has 2 heterocycles. The van der Waals surface area contributed by atoms with Crippen molar-refractivity contribution < 1.29 is 9.59 Å². The van der Waals surface area contributed by atoms with E-state index in [0.717, 1.165) is 57.5 Å². The molecular weight excluding hydrogens is 290 g/mol. The predicted molar refractivity (Wildman–Crippen MR) is 90.6 cm³/mol. The van der Waals surface area contributed by atoms with Gasteiger partial charge in [0, 0.05) is 37.4 Å². The van der Waals surface area contributed by atoms with E-state index in [-0.39, 0.29) is 11.9 Å². The molecule has 0 saturated carbocycles. The molecule has 5 heteroatoms. The lowest BCUT2D eigenvalue weighted by Gasteiger charge is -2.20. The van der Waals surface area contributed by atoms with Gasteiger partial charge in [-0.05, 0) is 49.9 Å². The molecule has 2 saturated heterocycles. The fourth-order valence-electron chi connectivity index (χ4n) is 3.28. The molecule has 2 fully saturated rings. The first-order chi connectivity index (χ1) is 11.2. The average molecular weight is 315 g/mol. The van der Waals surface area contributed by atoms with Crippen molar-refractivity contribution in [1.29, 1.82) is 0 Å². The molecule has 1 aromatic carbocycles. The second-order valence-electron chi connectivity index (χ2n) is 6.41. The summed E-state index contributed by atoms with van der Waals surface area (Å²) in [5.41, 5.74) is 1.44.